The predicted molar refractivity (Wildman–Crippen MR) is 83.2 cm³/mol. The fourth-order valence-electron chi connectivity index (χ4n) is 2.56. The third kappa shape index (κ3) is 6.07. The van der Waals surface area contributed by atoms with Crippen molar-refractivity contribution in [1.29, 1.82) is 0 Å². The zero-order chi connectivity index (χ0) is 13.5. The van der Waals surface area contributed by atoms with Crippen molar-refractivity contribution in [3.8, 4) is 0 Å². The van der Waals surface area contributed by atoms with Crippen LogP contribution in [0.25, 0.3) is 0 Å². The zero-order valence-electron chi connectivity index (χ0n) is 11.5. The highest BCUT2D eigenvalue weighted by Crippen LogP contribution is 2.55. The number of hydrogen-bond donors (Lipinski definition) is 2. The van der Waals surface area contributed by atoms with E-state index in [4.69, 9.17) is 16.3 Å². The average molecular weight is 298 g/mol. The normalized spacial score (nSPS) is 17.8. The number of rotatable bonds is 9. The van der Waals surface area contributed by atoms with Crippen LogP contribution in [0.3, 0.4) is 0 Å². The van der Waals surface area contributed by atoms with E-state index in [1.54, 1.807) is 0 Å². The summed E-state index contributed by atoms with van der Waals surface area (Å²) in [7, 11) is 0. The lowest BCUT2D eigenvalue weighted by Crippen LogP contribution is -2.38. The fraction of sp³-hybridized carbons (Fsp3) is 1.00. The summed E-state index contributed by atoms with van der Waals surface area (Å²) in [5.74, 6) is 0.457. The fourth-order valence-corrected chi connectivity index (χ4v) is 4.37. The van der Waals surface area contributed by atoms with Gasteiger partial charge in [0, 0.05) is 0 Å². The van der Waals surface area contributed by atoms with Crippen LogP contribution in [0.4, 0.5) is 0 Å². The Morgan fingerprint density at radius 2 is 1.82 bits per heavy atom. The van der Waals surface area contributed by atoms with Crippen LogP contribution in [-0.2, 0) is 16.3 Å². The highest BCUT2D eigenvalue weighted by molar-refractivity contribution is 8.59. The van der Waals surface area contributed by atoms with Crippen LogP contribution in [0, 0.1) is 5.92 Å². The van der Waals surface area contributed by atoms with Gasteiger partial charge in [0.1, 0.15) is 0 Å². The lowest BCUT2D eigenvalue weighted by molar-refractivity contribution is -0.00185. The number of unbranched alkanes of at least 4 members (excludes halogenated alkanes) is 1. The highest BCUT2D eigenvalue weighted by atomic mass is 32.9. The molecule has 0 saturated carbocycles. The van der Waals surface area contributed by atoms with Crippen molar-refractivity contribution < 1.29 is 9.42 Å². The summed E-state index contributed by atoms with van der Waals surface area (Å²) in [6, 6.07) is 0. The maximum atomic E-state index is 9.75. The number of hydrogen-bond acceptors (Lipinski definition) is 2. The summed E-state index contributed by atoms with van der Waals surface area (Å²) >= 11 is 8.99. The van der Waals surface area contributed by atoms with Gasteiger partial charge in [-0.1, -0.05) is 59.2 Å². The molecule has 17 heavy (non-hydrogen) atoms. The molecular weight excluding hydrogens is 271 g/mol. The zero-order valence-corrected chi connectivity index (χ0v) is 14.1. The summed E-state index contributed by atoms with van der Waals surface area (Å²) in [6.07, 6.45) is 6.34. The first-order chi connectivity index (χ1) is 7.85. The molecule has 2 atom stereocenters. The van der Waals surface area contributed by atoms with Gasteiger partial charge in [0.2, 0.25) is 5.69 Å². The molecule has 0 radical (unpaired) electrons. The predicted octanol–water partition coefficient (Wildman–Crippen LogP) is 4.92. The minimum atomic E-state index is -2.89. The Kier molecular flexibility index (Phi) is 8.60. The second kappa shape index (κ2) is 8.16. The van der Waals surface area contributed by atoms with Crippen molar-refractivity contribution in [2.45, 2.75) is 71.8 Å². The van der Waals surface area contributed by atoms with Crippen LogP contribution >= 0.6 is 17.9 Å². The minimum absolute atomic E-state index is 0.296. The Bertz CT molecular complexity index is 249. The maximum absolute atomic E-state index is 9.75. The molecule has 0 spiro atoms. The second-order valence-corrected chi connectivity index (χ2v) is 9.69. The van der Waals surface area contributed by atoms with E-state index in [9.17, 15) is 4.89 Å². The van der Waals surface area contributed by atoms with Crippen molar-refractivity contribution in [1.82, 2.24) is 0 Å². The van der Waals surface area contributed by atoms with E-state index in [-0.39, 0.29) is 5.60 Å². The molecule has 0 fully saturated rings. The van der Waals surface area contributed by atoms with Crippen LogP contribution in [0.5, 0.6) is 0 Å². The molecule has 2 unspecified atom stereocenters. The molecule has 0 bridgehead atoms. The molecule has 1 N–H and O–H groups in total. The smallest absolute Gasteiger partial charge is 0.242 e. The van der Waals surface area contributed by atoms with Gasteiger partial charge in [-0.15, -0.1) is 0 Å². The van der Waals surface area contributed by atoms with Gasteiger partial charge in [0.15, 0.2) is 0 Å². The van der Waals surface area contributed by atoms with Crippen LogP contribution < -0.4 is 0 Å². The molecule has 0 heterocycles. The van der Waals surface area contributed by atoms with E-state index < -0.39 is 5.69 Å². The molecule has 0 rings (SSSR count). The standard InChI is InChI=1S/C12H27O2PS2/c1-5-9-10-11(6-2)12(7-3,8-4)14-15(13,16)17/h11H,5-10H2,1-4H3,(H2,13,16,17). The van der Waals surface area contributed by atoms with Crippen LogP contribution in [-0.4, -0.2) is 10.5 Å². The van der Waals surface area contributed by atoms with E-state index >= 15 is 0 Å². The maximum Gasteiger partial charge on any atom is 0.242 e. The second-order valence-electron chi connectivity index (χ2n) is 4.60. The van der Waals surface area contributed by atoms with Crippen molar-refractivity contribution in [3.05, 3.63) is 0 Å². The molecule has 0 saturated heterocycles. The van der Waals surface area contributed by atoms with E-state index in [1.807, 2.05) is 0 Å². The van der Waals surface area contributed by atoms with Gasteiger partial charge >= 0.3 is 0 Å². The molecule has 5 heteroatoms. The summed E-state index contributed by atoms with van der Waals surface area (Å²) in [5.41, 5.74) is -3.19. The SMILES string of the molecule is CCCCC(CC)C(CC)(CC)OP(O)(=S)S. The summed E-state index contributed by atoms with van der Waals surface area (Å²) in [6.45, 7) is 8.60. The van der Waals surface area contributed by atoms with E-state index in [0.717, 1.165) is 25.7 Å². The lowest BCUT2D eigenvalue weighted by atomic mass is 9.78. The monoisotopic (exact) mass is 298 g/mol. The first kappa shape index (κ1) is 17.9. The Labute approximate surface area is 117 Å². The molecule has 2 nitrogen and oxygen atoms in total. The van der Waals surface area contributed by atoms with Crippen molar-refractivity contribution >= 4 is 29.7 Å². The van der Waals surface area contributed by atoms with Gasteiger partial charge < -0.3 is 9.42 Å². The van der Waals surface area contributed by atoms with Gasteiger partial charge in [-0.2, -0.15) is 0 Å². The Morgan fingerprint density at radius 3 is 2.12 bits per heavy atom. The van der Waals surface area contributed by atoms with Crippen molar-refractivity contribution in [2.24, 2.45) is 5.92 Å². The number of thiol groups is 1. The molecule has 0 aliphatic heterocycles. The van der Waals surface area contributed by atoms with E-state index in [1.165, 1.54) is 12.8 Å². The minimum Gasteiger partial charge on any atom is -0.338 e. The Morgan fingerprint density at radius 1 is 1.29 bits per heavy atom. The largest absolute Gasteiger partial charge is 0.338 e. The van der Waals surface area contributed by atoms with Gasteiger partial charge in [0.05, 0.1) is 5.60 Å². The van der Waals surface area contributed by atoms with Gasteiger partial charge in [0.25, 0.3) is 0 Å². The van der Waals surface area contributed by atoms with Crippen molar-refractivity contribution in [3.63, 3.8) is 0 Å². The molecule has 0 aromatic heterocycles. The summed E-state index contributed by atoms with van der Waals surface area (Å²) in [4.78, 5) is 9.75. The third-order valence-corrected chi connectivity index (χ3v) is 4.71. The highest BCUT2D eigenvalue weighted by Gasteiger charge is 2.38. The summed E-state index contributed by atoms with van der Waals surface area (Å²) < 4.78 is 5.82. The molecular formula is C12H27O2PS2. The van der Waals surface area contributed by atoms with Crippen LogP contribution in [0.1, 0.15) is 66.2 Å². The van der Waals surface area contributed by atoms with Crippen LogP contribution in [0.15, 0.2) is 0 Å². The van der Waals surface area contributed by atoms with Crippen LogP contribution in [0.2, 0.25) is 0 Å². The topological polar surface area (TPSA) is 29.5 Å². The van der Waals surface area contributed by atoms with Gasteiger partial charge in [-0.05, 0) is 37.0 Å². The molecule has 0 aromatic carbocycles. The molecule has 0 aliphatic rings. The Balaban J connectivity index is 4.93. The molecule has 0 aliphatic carbocycles. The quantitative estimate of drug-likeness (QED) is 0.467. The van der Waals surface area contributed by atoms with Crippen molar-refractivity contribution in [2.75, 3.05) is 0 Å². The molecule has 104 valence electrons. The average Bonchev–Trinajstić information content (AvgIpc) is 2.26. The van der Waals surface area contributed by atoms with E-state index in [0.29, 0.717) is 5.92 Å². The summed E-state index contributed by atoms with van der Waals surface area (Å²) in [5, 5.41) is 0. The lowest BCUT2D eigenvalue weighted by Gasteiger charge is -2.40. The van der Waals surface area contributed by atoms with Gasteiger partial charge in [-0.3, -0.25) is 0 Å². The molecule has 0 amide bonds. The Hall–Kier alpha value is 0.920. The first-order valence-corrected chi connectivity index (χ1v) is 10.4. The van der Waals surface area contributed by atoms with Gasteiger partial charge in [-0.25, -0.2) is 0 Å². The third-order valence-electron chi connectivity index (χ3n) is 3.64. The first-order valence-electron chi connectivity index (χ1n) is 6.61. The van der Waals surface area contributed by atoms with E-state index in [2.05, 4.69) is 39.9 Å². The molecule has 0 aromatic rings.